The first kappa shape index (κ1) is 20.9. The molecule has 8 heteroatoms. The lowest BCUT2D eigenvalue weighted by molar-refractivity contribution is 0.174. The standard InChI is InChI=1S/C17H29BrN4OS2/c1-17(2,3)25(23)12-7-20-16(19-4)22-10-8-21(9-11-22)13-14-5-6-15(18)24-14/h5-6H,7-13H2,1-4H3,(H,19,20). The van der Waals surface area contributed by atoms with Crippen LogP contribution < -0.4 is 5.32 Å². The molecule has 1 unspecified atom stereocenters. The molecule has 1 aromatic heterocycles. The minimum Gasteiger partial charge on any atom is -0.355 e. The molecular formula is C17H29BrN4OS2. The molecule has 1 fully saturated rings. The van der Waals surface area contributed by atoms with Crippen LogP contribution in [-0.2, 0) is 17.3 Å². The van der Waals surface area contributed by atoms with Gasteiger partial charge in [-0.25, -0.2) is 0 Å². The zero-order valence-corrected chi connectivity index (χ0v) is 18.8. The van der Waals surface area contributed by atoms with Gasteiger partial charge >= 0.3 is 0 Å². The summed E-state index contributed by atoms with van der Waals surface area (Å²) in [7, 11) is 0.984. The molecule has 0 saturated carbocycles. The summed E-state index contributed by atoms with van der Waals surface area (Å²) in [6.45, 7) is 11.8. The fraction of sp³-hybridized carbons (Fsp3) is 0.706. The SMILES string of the molecule is CN=C(NCCS(=O)C(C)(C)C)N1CCN(Cc2ccc(Br)s2)CC1. The fourth-order valence-electron chi connectivity index (χ4n) is 2.67. The van der Waals surface area contributed by atoms with Crippen LogP contribution in [0.2, 0.25) is 0 Å². The Morgan fingerprint density at radius 2 is 2.00 bits per heavy atom. The van der Waals surface area contributed by atoms with Crippen LogP contribution in [0.15, 0.2) is 20.9 Å². The molecule has 1 aromatic rings. The molecule has 2 rings (SSSR count). The first-order chi connectivity index (χ1) is 11.8. The third-order valence-electron chi connectivity index (χ3n) is 4.15. The van der Waals surface area contributed by atoms with Gasteiger partial charge in [-0.15, -0.1) is 11.3 Å². The highest BCUT2D eigenvalue weighted by Gasteiger charge is 2.21. The third kappa shape index (κ3) is 6.66. The van der Waals surface area contributed by atoms with Crippen LogP contribution in [0.3, 0.4) is 0 Å². The van der Waals surface area contributed by atoms with Gasteiger partial charge in [-0.1, -0.05) is 0 Å². The van der Waals surface area contributed by atoms with Gasteiger partial charge in [0.05, 0.1) is 3.79 Å². The lowest BCUT2D eigenvalue weighted by Gasteiger charge is -2.36. The van der Waals surface area contributed by atoms with E-state index < -0.39 is 10.8 Å². The molecule has 0 amide bonds. The van der Waals surface area contributed by atoms with Crippen LogP contribution in [0.1, 0.15) is 25.6 Å². The van der Waals surface area contributed by atoms with Crippen molar-refractivity contribution in [1.82, 2.24) is 15.1 Å². The lowest BCUT2D eigenvalue weighted by atomic mass is 10.3. The molecule has 0 radical (unpaired) electrons. The van der Waals surface area contributed by atoms with Crippen molar-refractivity contribution in [2.24, 2.45) is 4.99 Å². The van der Waals surface area contributed by atoms with Crippen molar-refractivity contribution in [2.45, 2.75) is 32.1 Å². The summed E-state index contributed by atoms with van der Waals surface area (Å²) >= 11 is 5.33. The average Bonchev–Trinajstić information content (AvgIpc) is 2.96. The maximum atomic E-state index is 12.1. The summed E-state index contributed by atoms with van der Waals surface area (Å²) in [5.41, 5.74) is 0. The maximum Gasteiger partial charge on any atom is 0.193 e. The number of halogens is 1. The van der Waals surface area contributed by atoms with E-state index in [1.54, 1.807) is 11.3 Å². The highest BCUT2D eigenvalue weighted by atomic mass is 79.9. The Bertz CT molecular complexity index is 604. The second-order valence-electron chi connectivity index (χ2n) is 7.11. The Labute approximate surface area is 166 Å². The minimum atomic E-state index is -0.834. The lowest BCUT2D eigenvalue weighted by Crippen LogP contribution is -2.52. The number of aliphatic imine (C=N–C) groups is 1. The van der Waals surface area contributed by atoms with Crippen molar-refractivity contribution in [3.63, 3.8) is 0 Å². The third-order valence-corrected chi connectivity index (χ3v) is 7.69. The van der Waals surface area contributed by atoms with Gasteiger partial charge in [0.15, 0.2) is 5.96 Å². The van der Waals surface area contributed by atoms with E-state index in [2.05, 4.69) is 48.2 Å². The number of nitrogens with zero attached hydrogens (tertiary/aromatic N) is 3. The van der Waals surface area contributed by atoms with Crippen LogP contribution in [0.25, 0.3) is 0 Å². The number of piperazine rings is 1. The second-order valence-corrected chi connectivity index (χ2v) is 12.0. The zero-order chi connectivity index (χ0) is 18.4. The fourth-order valence-corrected chi connectivity index (χ4v) is 5.09. The Morgan fingerprint density at radius 3 is 2.52 bits per heavy atom. The first-order valence-electron chi connectivity index (χ1n) is 8.60. The Kier molecular flexibility index (Phi) is 7.91. The highest BCUT2D eigenvalue weighted by Crippen LogP contribution is 2.23. The van der Waals surface area contributed by atoms with E-state index in [0.717, 1.165) is 38.7 Å². The van der Waals surface area contributed by atoms with Gasteiger partial charge in [0.2, 0.25) is 0 Å². The summed E-state index contributed by atoms with van der Waals surface area (Å²) < 4.78 is 13.2. The van der Waals surface area contributed by atoms with Crippen LogP contribution in [0, 0.1) is 0 Å². The molecule has 5 nitrogen and oxygen atoms in total. The quantitative estimate of drug-likeness (QED) is 0.555. The van der Waals surface area contributed by atoms with Crippen molar-refractivity contribution < 1.29 is 4.21 Å². The number of guanidine groups is 1. The van der Waals surface area contributed by atoms with Gasteiger partial charge < -0.3 is 10.2 Å². The first-order valence-corrected chi connectivity index (χ1v) is 11.5. The molecule has 0 bridgehead atoms. The summed E-state index contributed by atoms with van der Waals surface area (Å²) in [6.07, 6.45) is 0. The Morgan fingerprint density at radius 1 is 1.32 bits per heavy atom. The Balaban J connectivity index is 1.75. The normalized spacial score (nSPS) is 18.4. The van der Waals surface area contributed by atoms with Crippen molar-refractivity contribution in [1.29, 1.82) is 0 Å². The number of hydrogen-bond acceptors (Lipinski definition) is 4. The topological polar surface area (TPSA) is 47.9 Å². The monoisotopic (exact) mass is 448 g/mol. The van der Waals surface area contributed by atoms with E-state index >= 15 is 0 Å². The van der Waals surface area contributed by atoms with Crippen LogP contribution >= 0.6 is 27.3 Å². The maximum absolute atomic E-state index is 12.1. The predicted octanol–water partition coefficient (Wildman–Crippen LogP) is 2.75. The molecule has 1 aliphatic heterocycles. The van der Waals surface area contributed by atoms with E-state index in [9.17, 15) is 4.21 Å². The van der Waals surface area contributed by atoms with Gasteiger partial charge in [0.1, 0.15) is 0 Å². The van der Waals surface area contributed by atoms with Gasteiger partial charge in [-0.05, 0) is 48.8 Å². The van der Waals surface area contributed by atoms with E-state index in [1.165, 1.54) is 8.66 Å². The Hall–Kier alpha value is -0.440. The van der Waals surface area contributed by atoms with Gasteiger partial charge in [-0.3, -0.25) is 14.1 Å². The van der Waals surface area contributed by atoms with Crippen molar-refractivity contribution >= 4 is 44.0 Å². The minimum absolute atomic E-state index is 0.159. The second kappa shape index (κ2) is 9.48. The number of nitrogens with one attached hydrogen (secondary N) is 1. The molecule has 1 aliphatic rings. The van der Waals surface area contributed by atoms with Crippen LogP contribution in [0.5, 0.6) is 0 Å². The van der Waals surface area contributed by atoms with Crippen molar-refractivity contribution in [2.75, 3.05) is 45.5 Å². The van der Waals surface area contributed by atoms with Gasteiger partial charge in [-0.2, -0.15) is 0 Å². The number of thiophene rings is 1. The molecule has 142 valence electrons. The summed E-state index contributed by atoms with van der Waals surface area (Å²) in [5.74, 6) is 1.57. The number of rotatable bonds is 5. The van der Waals surface area contributed by atoms with E-state index in [0.29, 0.717) is 12.3 Å². The molecule has 0 aromatic carbocycles. The largest absolute Gasteiger partial charge is 0.355 e. The van der Waals surface area contributed by atoms with E-state index in [1.807, 2.05) is 27.8 Å². The average molecular weight is 449 g/mol. The molecule has 25 heavy (non-hydrogen) atoms. The van der Waals surface area contributed by atoms with Gasteiger partial charge in [0.25, 0.3) is 0 Å². The smallest absolute Gasteiger partial charge is 0.193 e. The summed E-state index contributed by atoms with van der Waals surface area (Å²) in [6, 6.07) is 4.31. The summed E-state index contributed by atoms with van der Waals surface area (Å²) in [4.78, 5) is 10.6. The highest BCUT2D eigenvalue weighted by molar-refractivity contribution is 9.11. The van der Waals surface area contributed by atoms with E-state index in [4.69, 9.17) is 0 Å². The zero-order valence-electron chi connectivity index (χ0n) is 15.5. The van der Waals surface area contributed by atoms with Crippen LogP contribution in [0.4, 0.5) is 0 Å². The van der Waals surface area contributed by atoms with Crippen molar-refractivity contribution in [3.05, 3.63) is 20.8 Å². The number of hydrogen-bond donors (Lipinski definition) is 1. The molecule has 1 atom stereocenters. The molecule has 1 N–H and O–H groups in total. The van der Waals surface area contributed by atoms with E-state index in [-0.39, 0.29) is 4.75 Å². The predicted molar refractivity (Wildman–Crippen MR) is 113 cm³/mol. The molecule has 0 aliphatic carbocycles. The van der Waals surface area contributed by atoms with Crippen molar-refractivity contribution in [3.8, 4) is 0 Å². The molecular weight excluding hydrogens is 420 g/mol. The molecule has 0 spiro atoms. The molecule has 1 saturated heterocycles. The summed E-state index contributed by atoms with van der Waals surface area (Å²) in [5, 5.41) is 3.37. The molecule has 2 heterocycles. The van der Waals surface area contributed by atoms with Crippen LogP contribution in [-0.4, -0.2) is 70.2 Å². The van der Waals surface area contributed by atoms with Gasteiger partial charge in [0, 0.05) is 72.5 Å².